The number of nitrogens with zero attached hydrogens (tertiary/aromatic N) is 1. The van der Waals surface area contributed by atoms with Crippen LogP contribution in [0.2, 0.25) is 0 Å². The molecule has 2 aromatic rings. The average molecular weight is 458 g/mol. The summed E-state index contributed by atoms with van der Waals surface area (Å²) in [5.41, 5.74) is -4.32. The molecule has 0 N–H and O–H groups in total. The fraction of sp³-hybridized carbons (Fsp3) is 0.133. The minimum Gasteiger partial charge on any atom is -0.414 e. The molecular formula is C15H6BrF6NO4. The van der Waals surface area contributed by atoms with Crippen molar-refractivity contribution in [1.29, 1.82) is 0 Å². The number of carbonyl (C=O) groups is 1. The van der Waals surface area contributed by atoms with Crippen LogP contribution in [0.5, 0.6) is 5.75 Å². The van der Waals surface area contributed by atoms with Gasteiger partial charge in [0.25, 0.3) is 0 Å². The molecule has 5 nitrogen and oxygen atoms in total. The second-order valence-electron chi connectivity index (χ2n) is 5.03. The molecule has 27 heavy (non-hydrogen) atoms. The zero-order chi connectivity index (χ0) is 20.6. The summed E-state index contributed by atoms with van der Waals surface area (Å²) in [6, 6.07) is 3.61. The van der Waals surface area contributed by atoms with Crippen molar-refractivity contribution in [3.8, 4) is 5.75 Å². The van der Waals surface area contributed by atoms with Gasteiger partial charge in [-0.25, -0.2) is 4.79 Å². The Kier molecular flexibility index (Phi) is 5.50. The molecular weight excluding hydrogens is 452 g/mol. The topological polar surface area (TPSA) is 69.4 Å². The molecule has 0 bridgehead atoms. The summed E-state index contributed by atoms with van der Waals surface area (Å²) in [4.78, 5) is 21.9. The Morgan fingerprint density at radius 2 is 1.59 bits per heavy atom. The maximum atomic E-state index is 12.8. The van der Waals surface area contributed by atoms with Crippen molar-refractivity contribution in [2.24, 2.45) is 0 Å². The smallest absolute Gasteiger partial charge is 0.414 e. The van der Waals surface area contributed by atoms with Crippen LogP contribution in [0.4, 0.5) is 32.0 Å². The Balaban J connectivity index is 2.45. The SMILES string of the molecule is O=C(Oc1c(Br)cc(C(F)(F)F)cc1[N+](=O)[O-])c1cccc(C(F)(F)F)c1. The largest absolute Gasteiger partial charge is 0.416 e. The number of benzene rings is 2. The molecule has 0 saturated heterocycles. The number of carbonyl (C=O) groups excluding carboxylic acids is 1. The minimum absolute atomic E-state index is 0.152. The third-order valence-corrected chi connectivity index (χ3v) is 3.76. The Morgan fingerprint density at radius 3 is 2.11 bits per heavy atom. The lowest BCUT2D eigenvalue weighted by Crippen LogP contribution is -2.13. The van der Waals surface area contributed by atoms with Crippen molar-refractivity contribution in [3.63, 3.8) is 0 Å². The van der Waals surface area contributed by atoms with Gasteiger partial charge in [0.2, 0.25) is 5.75 Å². The molecule has 2 aromatic carbocycles. The zero-order valence-corrected chi connectivity index (χ0v) is 14.3. The van der Waals surface area contributed by atoms with E-state index in [-0.39, 0.29) is 6.07 Å². The molecule has 2 rings (SSSR count). The molecule has 12 heteroatoms. The summed E-state index contributed by atoms with van der Waals surface area (Å²) in [5.74, 6) is -2.28. The zero-order valence-electron chi connectivity index (χ0n) is 12.7. The summed E-state index contributed by atoms with van der Waals surface area (Å²) < 4.78 is 80.5. The molecule has 0 heterocycles. The van der Waals surface area contributed by atoms with Crippen LogP contribution in [0.25, 0.3) is 0 Å². The molecule has 0 aliphatic heterocycles. The summed E-state index contributed by atoms with van der Waals surface area (Å²) >= 11 is 2.64. The fourth-order valence-electron chi connectivity index (χ4n) is 1.95. The Labute approximate surface area is 154 Å². The van der Waals surface area contributed by atoms with Crippen LogP contribution >= 0.6 is 15.9 Å². The van der Waals surface area contributed by atoms with Gasteiger partial charge in [0.1, 0.15) is 0 Å². The van der Waals surface area contributed by atoms with Gasteiger partial charge in [0.05, 0.1) is 26.1 Å². The number of ether oxygens (including phenoxy) is 1. The first-order chi connectivity index (χ1) is 12.3. The van der Waals surface area contributed by atoms with E-state index < -0.39 is 55.8 Å². The monoisotopic (exact) mass is 457 g/mol. The van der Waals surface area contributed by atoms with E-state index in [0.717, 1.165) is 12.1 Å². The van der Waals surface area contributed by atoms with Crippen molar-refractivity contribution < 1.29 is 40.8 Å². The lowest BCUT2D eigenvalue weighted by atomic mass is 10.1. The molecule has 0 fully saturated rings. The molecule has 0 radical (unpaired) electrons. The molecule has 0 aromatic heterocycles. The highest BCUT2D eigenvalue weighted by Gasteiger charge is 2.36. The van der Waals surface area contributed by atoms with Gasteiger partial charge >= 0.3 is 24.0 Å². The van der Waals surface area contributed by atoms with Crippen LogP contribution in [0.1, 0.15) is 21.5 Å². The third-order valence-electron chi connectivity index (χ3n) is 3.17. The van der Waals surface area contributed by atoms with Gasteiger partial charge in [-0.05, 0) is 40.2 Å². The van der Waals surface area contributed by atoms with E-state index >= 15 is 0 Å². The molecule has 0 unspecified atom stereocenters. The first-order valence-electron chi connectivity index (χ1n) is 6.75. The highest BCUT2D eigenvalue weighted by Crippen LogP contribution is 2.41. The van der Waals surface area contributed by atoms with E-state index in [4.69, 9.17) is 4.74 Å². The summed E-state index contributed by atoms with van der Waals surface area (Å²) in [5, 5.41) is 11.0. The highest BCUT2D eigenvalue weighted by atomic mass is 79.9. The number of esters is 1. The third kappa shape index (κ3) is 4.76. The van der Waals surface area contributed by atoms with Gasteiger partial charge in [-0.1, -0.05) is 6.07 Å². The second-order valence-corrected chi connectivity index (χ2v) is 5.88. The van der Waals surface area contributed by atoms with E-state index in [9.17, 15) is 41.3 Å². The molecule has 0 aliphatic carbocycles. The predicted octanol–water partition coefficient (Wildman–Crippen LogP) is 5.61. The maximum Gasteiger partial charge on any atom is 0.416 e. The number of halogens is 7. The lowest BCUT2D eigenvalue weighted by Gasteiger charge is -2.12. The predicted molar refractivity (Wildman–Crippen MR) is 82.2 cm³/mol. The van der Waals surface area contributed by atoms with Gasteiger partial charge in [-0.3, -0.25) is 10.1 Å². The van der Waals surface area contributed by atoms with Crippen LogP contribution in [-0.2, 0) is 12.4 Å². The van der Waals surface area contributed by atoms with Crippen LogP contribution in [0.15, 0.2) is 40.9 Å². The first-order valence-corrected chi connectivity index (χ1v) is 7.54. The van der Waals surface area contributed by atoms with Gasteiger partial charge in [-0.15, -0.1) is 0 Å². The summed E-state index contributed by atoms with van der Waals surface area (Å²) in [7, 11) is 0. The molecule has 0 spiro atoms. The number of hydrogen-bond donors (Lipinski definition) is 0. The Morgan fingerprint density at radius 1 is 1.00 bits per heavy atom. The van der Waals surface area contributed by atoms with E-state index in [1.165, 1.54) is 0 Å². The first kappa shape index (κ1) is 20.7. The van der Waals surface area contributed by atoms with Crippen LogP contribution in [-0.4, -0.2) is 10.9 Å². The number of nitro groups is 1. The van der Waals surface area contributed by atoms with Crippen LogP contribution in [0, 0.1) is 10.1 Å². The van der Waals surface area contributed by atoms with Crippen molar-refractivity contribution in [1.82, 2.24) is 0 Å². The van der Waals surface area contributed by atoms with Gasteiger partial charge in [0.15, 0.2) is 0 Å². The number of nitro benzene ring substituents is 1. The second kappa shape index (κ2) is 7.18. The average Bonchev–Trinajstić information content (AvgIpc) is 2.54. The Bertz CT molecular complexity index is 910. The van der Waals surface area contributed by atoms with Crippen LogP contribution in [0.3, 0.4) is 0 Å². The molecule has 0 atom stereocenters. The van der Waals surface area contributed by atoms with Crippen LogP contribution < -0.4 is 4.74 Å². The number of alkyl halides is 6. The van der Waals surface area contributed by atoms with Gasteiger partial charge in [-0.2, -0.15) is 26.3 Å². The summed E-state index contributed by atoms with van der Waals surface area (Å²) in [6.45, 7) is 0. The standard InChI is InChI=1S/C15H6BrF6NO4/c16-10-5-9(15(20,21)22)6-11(23(25)26)12(10)27-13(24)7-2-1-3-8(4-7)14(17,18)19/h1-6H. The van der Waals surface area contributed by atoms with E-state index in [0.29, 0.717) is 18.2 Å². The van der Waals surface area contributed by atoms with Crippen molar-refractivity contribution in [3.05, 3.63) is 67.7 Å². The molecule has 0 saturated carbocycles. The summed E-state index contributed by atoms with van der Waals surface area (Å²) in [6.07, 6.45) is -9.66. The molecule has 144 valence electrons. The van der Waals surface area contributed by atoms with E-state index in [2.05, 4.69) is 15.9 Å². The van der Waals surface area contributed by atoms with Crippen molar-refractivity contribution in [2.75, 3.05) is 0 Å². The van der Waals surface area contributed by atoms with Crippen molar-refractivity contribution >= 4 is 27.6 Å². The Hall–Kier alpha value is -2.63. The van der Waals surface area contributed by atoms with Gasteiger partial charge < -0.3 is 4.74 Å². The lowest BCUT2D eigenvalue weighted by molar-refractivity contribution is -0.385. The quantitative estimate of drug-likeness (QED) is 0.197. The minimum atomic E-state index is -4.91. The van der Waals surface area contributed by atoms with E-state index in [1.54, 1.807) is 0 Å². The number of hydrogen-bond acceptors (Lipinski definition) is 4. The molecule has 0 amide bonds. The number of rotatable bonds is 3. The van der Waals surface area contributed by atoms with Gasteiger partial charge in [0, 0.05) is 6.07 Å². The fourth-order valence-corrected chi connectivity index (χ4v) is 2.48. The molecule has 0 aliphatic rings. The van der Waals surface area contributed by atoms with Crippen molar-refractivity contribution in [2.45, 2.75) is 12.4 Å². The normalized spacial score (nSPS) is 12.0. The maximum absolute atomic E-state index is 12.8. The highest BCUT2D eigenvalue weighted by molar-refractivity contribution is 9.10. The van der Waals surface area contributed by atoms with E-state index in [1.807, 2.05) is 0 Å².